The van der Waals surface area contributed by atoms with Crippen LogP contribution in [0.15, 0.2) is 41.8 Å². The molecule has 168 valence electrons. The zero-order valence-electron chi connectivity index (χ0n) is 18.2. The molecule has 2 aliphatic rings. The Bertz CT molecular complexity index is 1300. The van der Waals surface area contributed by atoms with E-state index in [2.05, 4.69) is 10.3 Å². The maximum Gasteiger partial charge on any atom is 0.268 e. The molecule has 2 aliphatic heterocycles. The van der Waals surface area contributed by atoms with Crippen LogP contribution in [0, 0.1) is 6.92 Å². The van der Waals surface area contributed by atoms with Gasteiger partial charge in [0.2, 0.25) is 0 Å². The van der Waals surface area contributed by atoms with Crippen LogP contribution in [0.1, 0.15) is 29.2 Å². The molecule has 2 unspecified atom stereocenters. The van der Waals surface area contributed by atoms with Crippen LogP contribution in [0.5, 0.6) is 11.5 Å². The Labute approximate surface area is 194 Å². The molecule has 2 aromatic carbocycles. The monoisotopic (exact) mass is 463 g/mol. The van der Waals surface area contributed by atoms with Gasteiger partial charge in [0.15, 0.2) is 18.5 Å². The Morgan fingerprint density at radius 2 is 2.00 bits per heavy atom. The lowest BCUT2D eigenvalue weighted by Gasteiger charge is -2.36. The maximum absolute atomic E-state index is 13.4. The van der Waals surface area contributed by atoms with Crippen LogP contribution in [0.4, 0.5) is 11.4 Å². The summed E-state index contributed by atoms with van der Waals surface area (Å²) in [6.45, 7) is 5.23. The van der Waals surface area contributed by atoms with Gasteiger partial charge in [-0.2, -0.15) is 0 Å². The number of ether oxygens (including phenoxy) is 2. The van der Waals surface area contributed by atoms with Gasteiger partial charge in [0.05, 0.1) is 28.1 Å². The number of anilines is 2. The molecule has 0 radical (unpaired) electrons. The highest BCUT2D eigenvalue weighted by molar-refractivity contribution is 7.09. The van der Waals surface area contributed by atoms with Crippen LogP contribution >= 0.6 is 11.3 Å². The van der Waals surface area contributed by atoms with E-state index in [4.69, 9.17) is 9.47 Å². The minimum absolute atomic E-state index is 0.0610. The number of ketones is 1. The molecule has 1 N–H and O–H groups in total. The molecule has 9 heteroatoms. The van der Waals surface area contributed by atoms with Gasteiger partial charge in [0, 0.05) is 16.5 Å². The normalized spacial score (nSPS) is 17.9. The number of hydrogen-bond acceptors (Lipinski definition) is 7. The van der Waals surface area contributed by atoms with Gasteiger partial charge in [-0.3, -0.25) is 19.3 Å². The Balaban J connectivity index is 1.52. The Morgan fingerprint density at radius 1 is 1.21 bits per heavy atom. The number of fused-ring (bicyclic) bond motifs is 2. The summed E-state index contributed by atoms with van der Waals surface area (Å²) in [7, 11) is 0. The first-order valence-electron chi connectivity index (χ1n) is 10.5. The Morgan fingerprint density at radius 3 is 2.76 bits per heavy atom. The number of rotatable bonds is 4. The van der Waals surface area contributed by atoms with Crippen molar-refractivity contribution in [2.45, 2.75) is 32.9 Å². The van der Waals surface area contributed by atoms with Gasteiger partial charge < -0.3 is 14.8 Å². The zero-order chi connectivity index (χ0) is 23.3. The first-order chi connectivity index (χ1) is 15.8. The van der Waals surface area contributed by atoms with E-state index in [0.717, 1.165) is 16.3 Å². The van der Waals surface area contributed by atoms with Crippen molar-refractivity contribution in [1.82, 2.24) is 4.98 Å². The van der Waals surface area contributed by atoms with Crippen molar-refractivity contribution < 1.29 is 23.9 Å². The first kappa shape index (κ1) is 21.1. The molecule has 5 rings (SSSR count). The van der Waals surface area contributed by atoms with Crippen molar-refractivity contribution in [2.75, 3.05) is 16.8 Å². The van der Waals surface area contributed by atoms with Gasteiger partial charge in [-0.15, -0.1) is 11.3 Å². The van der Waals surface area contributed by atoms with E-state index in [1.54, 1.807) is 49.4 Å². The van der Waals surface area contributed by atoms with E-state index in [9.17, 15) is 14.4 Å². The number of aryl methyl sites for hydroxylation is 1. The first-order valence-corrected chi connectivity index (χ1v) is 11.4. The minimum Gasteiger partial charge on any atom is -0.482 e. The second-order valence-corrected chi connectivity index (χ2v) is 9.05. The fourth-order valence-electron chi connectivity index (χ4n) is 4.01. The van der Waals surface area contributed by atoms with Gasteiger partial charge >= 0.3 is 0 Å². The number of thiazole rings is 1. The average molecular weight is 464 g/mol. The number of amides is 2. The molecular weight excluding hydrogens is 442 g/mol. The topological polar surface area (TPSA) is 97.8 Å². The molecule has 2 atom stereocenters. The van der Waals surface area contributed by atoms with Crippen LogP contribution < -0.4 is 19.7 Å². The number of nitrogens with one attached hydrogen (secondary N) is 1. The van der Waals surface area contributed by atoms with Crippen LogP contribution in [0.25, 0.3) is 11.3 Å². The zero-order valence-corrected chi connectivity index (χ0v) is 19.1. The summed E-state index contributed by atoms with van der Waals surface area (Å²) >= 11 is 1.54. The van der Waals surface area contributed by atoms with E-state index in [-0.39, 0.29) is 24.2 Å². The molecule has 0 saturated heterocycles. The van der Waals surface area contributed by atoms with E-state index in [0.29, 0.717) is 28.4 Å². The molecule has 3 heterocycles. The standard InChI is InChI=1S/C24H21N3O5S/c1-12(23(29)16-5-6-20-17(8-16)26-22(28)10-31-20)27-19-9-15(18-11-33-14(3)25-18)4-7-21(19)32-13(2)24(27)30/h4-9,11-13H,10H2,1-3H3,(H,26,28). The van der Waals surface area contributed by atoms with Crippen LogP contribution in [-0.4, -0.2) is 41.3 Å². The number of aromatic nitrogens is 1. The summed E-state index contributed by atoms with van der Waals surface area (Å²) in [4.78, 5) is 44.3. The lowest BCUT2D eigenvalue weighted by atomic mass is 10.00. The molecule has 0 aliphatic carbocycles. The maximum atomic E-state index is 13.4. The molecule has 8 nitrogen and oxygen atoms in total. The fraction of sp³-hybridized carbons (Fsp3) is 0.250. The van der Waals surface area contributed by atoms with E-state index >= 15 is 0 Å². The molecule has 0 saturated carbocycles. The second-order valence-electron chi connectivity index (χ2n) is 7.99. The number of carbonyl (C=O) groups is 3. The second kappa shape index (κ2) is 8.00. The summed E-state index contributed by atoms with van der Waals surface area (Å²) in [5.74, 6) is 0.188. The lowest BCUT2D eigenvalue weighted by Crippen LogP contribution is -2.51. The SMILES string of the molecule is Cc1nc(-c2ccc3c(c2)N(C(C)C(=O)c2ccc4c(c2)NC(=O)CO4)C(=O)C(C)O3)cs1. The summed E-state index contributed by atoms with van der Waals surface area (Å²) in [5.41, 5.74) is 2.97. The van der Waals surface area contributed by atoms with Gasteiger partial charge in [-0.25, -0.2) is 4.98 Å². The predicted molar refractivity (Wildman–Crippen MR) is 124 cm³/mol. The largest absolute Gasteiger partial charge is 0.482 e. The van der Waals surface area contributed by atoms with Crippen molar-refractivity contribution >= 4 is 40.3 Å². The molecule has 3 aromatic rings. The number of Topliss-reactive ketones (excluding diaryl/α,β-unsaturated/α-hetero) is 1. The summed E-state index contributed by atoms with van der Waals surface area (Å²) < 4.78 is 11.2. The highest BCUT2D eigenvalue weighted by Gasteiger charge is 2.38. The van der Waals surface area contributed by atoms with Crippen molar-refractivity contribution in [3.63, 3.8) is 0 Å². The number of hydrogen-bond donors (Lipinski definition) is 1. The highest BCUT2D eigenvalue weighted by Crippen LogP contribution is 2.39. The molecule has 2 amide bonds. The molecule has 0 bridgehead atoms. The minimum atomic E-state index is -0.798. The third kappa shape index (κ3) is 3.74. The average Bonchev–Trinajstić information content (AvgIpc) is 3.24. The quantitative estimate of drug-likeness (QED) is 0.591. The number of nitrogens with zero attached hydrogens (tertiary/aromatic N) is 2. The van der Waals surface area contributed by atoms with Crippen molar-refractivity contribution in [3.8, 4) is 22.8 Å². The van der Waals surface area contributed by atoms with Gasteiger partial charge in [-0.1, -0.05) is 0 Å². The van der Waals surface area contributed by atoms with Gasteiger partial charge in [-0.05, 0) is 57.2 Å². The van der Waals surface area contributed by atoms with Crippen molar-refractivity contribution in [2.24, 2.45) is 0 Å². The third-order valence-corrected chi connectivity index (χ3v) is 6.46. The van der Waals surface area contributed by atoms with E-state index < -0.39 is 12.1 Å². The van der Waals surface area contributed by atoms with Gasteiger partial charge in [0.1, 0.15) is 11.5 Å². The summed E-state index contributed by atoms with van der Waals surface area (Å²) in [5, 5.41) is 5.60. The molecule has 0 spiro atoms. The Hall–Kier alpha value is -3.72. The van der Waals surface area contributed by atoms with Gasteiger partial charge in [0.25, 0.3) is 11.8 Å². The lowest BCUT2D eigenvalue weighted by molar-refractivity contribution is -0.125. The number of benzene rings is 2. The fourth-order valence-corrected chi connectivity index (χ4v) is 4.63. The number of carbonyl (C=O) groups excluding carboxylic acids is 3. The van der Waals surface area contributed by atoms with Crippen molar-refractivity contribution in [3.05, 3.63) is 52.3 Å². The molecule has 1 aromatic heterocycles. The smallest absolute Gasteiger partial charge is 0.268 e. The van der Waals surface area contributed by atoms with Crippen LogP contribution in [0.3, 0.4) is 0 Å². The van der Waals surface area contributed by atoms with E-state index in [1.165, 1.54) is 4.90 Å². The predicted octanol–water partition coefficient (Wildman–Crippen LogP) is 3.83. The third-order valence-electron chi connectivity index (χ3n) is 5.69. The molecule has 33 heavy (non-hydrogen) atoms. The highest BCUT2D eigenvalue weighted by atomic mass is 32.1. The van der Waals surface area contributed by atoms with Crippen molar-refractivity contribution in [1.29, 1.82) is 0 Å². The van der Waals surface area contributed by atoms with E-state index in [1.807, 2.05) is 24.4 Å². The molecule has 0 fully saturated rings. The Kier molecular flexibility index (Phi) is 5.13. The van der Waals surface area contributed by atoms with Crippen LogP contribution in [0.2, 0.25) is 0 Å². The molecular formula is C24H21N3O5S. The summed E-state index contributed by atoms with van der Waals surface area (Å²) in [6.07, 6.45) is -0.726. The summed E-state index contributed by atoms with van der Waals surface area (Å²) in [6, 6.07) is 9.60. The van der Waals surface area contributed by atoms with Crippen LogP contribution in [-0.2, 0) is 9.59 Å².